The number of carbonyl (C=O) groups excluding carboxylic acids is 2. The maximum atomic E-state index is 12.4. The third kappa shape index (κ3) is 5.98. The summed E-state index contributed by atoms with van der Waals surface area (Å²) in [4.78, 5) is 25.4. The van der Waals surface area contributed by atoms with Crippen molar-refractivity contribution in [2.75, 3.05) is 20.7 Å². The molecule has 27 heavy (non-hydrogen) atoms. The Hall–Kier alpha value is -3.10. The largest absolute Gasteiger partial charge is 0.493 e. The summed E-state index contributed by atoms with van der Waals surface area (Å²) in [5, 5.41) is 2.59. The summed E-state index contributed by atoms with van der Waals surface area (Å²) in [6.45, 7) is -2.55. The first-order chi connectivity index (χ1) is 12.9. The fraction of sp³-hybridized carbons (Fsp3) is 0.333. The average Bonchev–Trinajstić information content (AvgIpc) is 3.17. The van der Waals surface area contributed by atoms with Crippen molar-refractivity contribution < 1.29 is 32.3 Å². The molecule has 1 aromatic carbocycles. The number of hydrogen-bond acceptors (Lipinski definition) is 5. The van der Waals surface area contributed by atoms with Crippen molar-refractivity contribution in [1.29, 1.82) is 0 Å². The molecule has 0 saturated heterocycles. The zero-order chi connectivity index (χ0) is 19.8. The van der Waals surface area contributed by atoms with Crippen LogP contribution in [0.15, 0.2) is 41.0 Å². The van der Waals surface area contributed by atoms with Gasteiger partial charge in [-0.1, -0.05) is 6.07 Å². The highest BCUT2D eigenvalue weighted by Crippen LogP contribution is 2.29. The van der Waals surface area contributed by atoms with Gasteiger partial charge in [0.25, 0.3) is 5.91 Å². The van der Waals surface area contributed by atoms with Crippen LogP contribution < -0.4 is 14.8 Å². The number of amides is 2. The number of nitrogens with one attached hydrogen (secondary N) is 1. The second-order valence-corrected chi connectivity index (χ2v) is 5.60. The van der Waals surface area contributed by atoms with E-state index in [2.05, 4.69) is 10.1 Å². The number of furan rings is 1. The van der Waals surface area contributed by atoms with Gasteiger partial charge in [0.1, 0.15) is 0 Å². The van der Waals surface area contributed by atoms with Gasteiger partial charge in [0.2, 0.25) is 5.91 Å². The molecule has 0 aliphatic carbocycles. The predicted octanol–water partition coefficient (Wildman–Crippen LogP) is 2.67. The lowest BCUT2D eigenvalue weighted by Gasteiger charge is -2.18. The minimum atomic E-state index is -2.95. The summed E-state index contributed by atoms with van der Waals surface area (Å²) in [6.07, 6.45) is 1.49. The molecule has 9 heteroatoms. The van der Waals surface area contributed by atoms with E-state index in [0.717, 1.165) is 0 Å². The highest BCUT2D eigenvalue weighted by atomic mass is 19.3. The normalized spacial score (nSPS) is 10.6. The highest BCUT2D eigenvalue weighted by Gasteiger charge is 2.14. The molecule has 0 fully saturated rings. The molecular weight excluding hydrogens is 362 g/mol. The van der Waals surface area contributed by atoms with Gasteiger partial charge in [0, 0.05) is 26.6 Å². The number of hydrogen-bond donors (Lipinski definition) is 1. The molecule has 0 bridgehead atoms. The van der Waals surface area contributed by atoms with E-state index < -0.39 is 12.5 Å². The Morgan fingerprint density at radius 3 is 2.67 bits per heavy atom. The van der Waals surface area contributed by atoms with Gasteiger partial charge in [-0.25, -0.2) is 0 Å². The first kappa shape index (κ1) is 20.2. The summed E-state index contributed by atoms with van der Waals surface area (Å²) in [5.74, 6) is -0.337. The molecule has 2 amide bonds. The van der Waals surface area contributed by atoms with E-state index in [9.17, 15) is 18.4 Å². The maximum Gasteiger partial charge on any atom is 0.387 e. The van der Waals surface area contributed by atoms with Crippen LogP contribution in [0, 0.1) is 0 Å². The summed E-state index contributed by atoms with van der Waals surface area (Å²) in [7, 11) is 2.95. The van der Waals surface area contributed by atoms with Crippen LogP contribution in [0.25, 0.3) is 0 Å². The van der Waals surface area contributed by atoms with E-state index in [1.54, 1.807) is 19.2 Å². The van der Waals surface area contributed by atoms with E-state index >= 15 is 0 Å². The van der Waals surface area contributed by atoms with Gasteiger partial charge in [-0.2, -0.15) is 8.78 Å². The van der Waals surface area contributed by atoms with Crippen molar-refractivity contribution >= 4 is 11.8 Å². The monoisotopic (exact) mass is 382 g/mol. The lowest BCUT2D eigenvalue weighted by atomic mass is 10.2. The molecule has 0 radical (unpaired) electrons. The van der Waals surface area contributed by atoms with E-state index in [4.69, 9.17) is 9.15 Å². The van der Waals surface area contributed by atoms with Crippen LogP contribution in [-0.4, -0.2) is 44.0 Å². The van der Waals surface area contributed by atoms with Crippen molar-refractivity contribution in [2.45, 2.75) is 19.6 Å². The molecule has 0 spiro atoms. The Bertz CT molecular complexity index is 765. The van der Waals surface area contributed by atoms with Crippen LogP contribution in [-0.2, 0) is 11.3 Å². The topological polar surface area (TPSA) is 81.0 Å². The van der Waals surface area contributed by atoms with E-state index in [-0.39, 0.29) is 42.7 Å². The van der Waals surface area contributed by atoms with Crippen LogP contribution in [0.5, 0.6) is 11.5 Å². The number of rotatable bonds is 9. The van der Waals surface area contributed by atoms with Crippen molar-refractivity contribution in [3.8, 4) is 11.5 Å². The molecule has 1 aromatic heterocycles. The molecule has 146 valence electrons. The molecule has 2 aromatic rings. The van der Waals surface area contributed by atoms with E-state index in [0.29, 0.717) is 5.56 Å². The van der Waals surface area contributed by atoms with Crippen molar-refractivity contribution in [2.24, 2.45) is 0 Å². The first-order valence-electron chi connectivity index (χ1n) is 8.08. The Labute approximate surface area is 154 Å². The number of alkyl halides is 2. The number of ether oxygens (including phenoxy) is 2. The van der Waals surface area contributed by atoms with Crippen molar-refractivity contribution in [1.82, 2.24) is 10.2 Å². The second-order valence-electron chi connectivity index (χ2n) is 5.60. The van der Waals surface area contributed by atoms with Gasteiger partial charge in [-0.05, 0) is 29.8 Å². The van der Waals surface area contributed by atoms with Crippen LogP contribution in [0.2, 0.25) is 0 Å². The number of nitrogens with zero attached hydrogens (tertiary/aromatic N) is 1. The molecule has 0 unspecified atom stereocenters. The Balaban J connectivity index is 1.85. The molecular formula is C18H20F2N2O5. The first-order valence-corrected chi connectivity index (χ1v) is 8.08. The molecule has 1 heterocycles. The molecule has 0 aliphatic heterocycles. The molecule has 7 nitrogen and oxygen atoms in total. The highest BCUT2D eigenvalue weighted by molar-refractivity contribution is 5.91. The van der Waals surface area contributed by atoms with Crippen LogP contribution in [0.3, 0.4) is 0 Å². The Kier molecular flexibility index (Phi) is 7.16. The smallest absolute Gasteiger partial charge is 0.387 e. The van der Waals surface area contributed by atoms with Gasteiger partial charge < -0.3 is 24.1 Å². The minimum absolute atomic E-state index is 0.0779. The zero-order valence-corrected chi connectivity index (χ0v) is 14.9. The summed E-state index contributed by atoms with van der Waals surface area (Å²) in [5.41, 5.74) is 0.684. The molecule has 2 rings (SSSR count). The molecule has 1 N–H and O–H groups in total. The number of carbonyl (C=O) groups is 2. The lowest BCUT2D eigenvalue weighted by molar-refractivity contribution is -0.130. The van der Waals surface area contributed by atoms with Crippen LogP contribution in [0.4, 0.5) is 8.78 Å². The quantitative estimate of drug-likeness (QED) is 0.721. The van der Waals surface area contributed by atoms with Crippen LogP contribution >= 0.6 is 0 Å². The SMILES string of the molecule is COc1cc(CN(C)C(=O)CCNC(=O)c2ccco2)ccc1OC(F)F. The predicted molar refractivity (Wildman–Crippen MR) is 91.8 cm³/mol. The fourth-order valence-electron chi connectivity index (χ4n) is 2.33. The summed E-state index contributed by atoms with van der Waals surface area (Å²) in [6, 6.07) is 7.59. The Morgan fingerprint density at radius 1 is 1.26 bits per heavy atom. The van der Waals surface area contributed by atoms with Gasteiger partial charge in [-0.15, -0.1) is 0 Å². The van der Waals surface area contributed by atoms with Crippen molar-refractivity contribution in [3.63, 3.8) is 0 Å². The zero-order valence-electron chi connectivity index (χ0n) is 14.9. The third-order valence-corrected chi connectivity index (χ3v) is 3.66. The van der Waals surface area contributed by atoms with Gasteiger partial charge in [0.15, 0.2) is 17.3 Å². The molecule has 0 atom stereocenters. The summed E-state index contributed by atoms with van der Waals surface area (Å²) < 4.78 is 39.1. The fourth-order valence-corrected chi connectivity index (χ4v) is 2.33. The number of methoxy groups -OCH3 is 1. The van der Waals surface area contributed by atoms with Gasteiger partial charge >= 0.3 is 6.61 Å². The maximum absolute atomic E-state index is 12.4. The van der Waals surface area contributed by atoms with E-state index in [1.165, 1.54) is 36.5 Å². The van der Waals surface area contributed by atoms with E-state index in [1.807, 2.05) is 0 Å². The van der Waals surface area contributed by atoms with Gasteiger partial charge in [-0.3, -0.25) is 9.59 Å². The molecule has 0 aliphatic rings. The average molecular weight is 382 g/mol. The minimum Gasteiger partial charge on any atom is -0.493 e. The number of benzene rings is 1. The van der Waals surface area contributed by atoms with Gasteiger partial charge in [0.05, 0.1) is 13.4 Å². The Morgan fingerprint density at radius 2 is 2.04 bits per heavy atom. The third-order valence-electron chi connectivity index (χ3n) is 3.66. The number of halogens is 2. The van der Waals surface area contributed by atoms with Crippen LogP contribution in [0.1, 0.15) is 22.5 Å². The second kappa shape index (κ2) is 9.56. The lowest BCUT2D eigenvalue weighted by Crippen LogP contribution is -2.31. The van der Waals surface area contributed by atoms with Crippen molar-refractivity contribution in [3.05, 3.63) is 47.9 Å². The summed E-state index contributed by atoms with van der Waals surface area (Å²) >= 11 is 0. The molecule has 0 saturated carbocycles. The standard InChI is InChI=1S/C18H20F2N2O5/c1-22(16(23)7-8-21-17(24)14-4-3-9-26-14)11-12-5-6-13(27-18(19)20)15(10-12)25-2/h3-6,9-10,18H,7-8,11H2,1-2H3,(H,21,24).